The first-order valence-electron chi connectivity index (χ1n) is 21.5. The second kappa shape index (κ2) is 15.6. The summed E-state index contributed by atoms with van der Waals surface area (Å²) >= 11 is 0. The van der Waals surface area contributed by atoms with Gasteiger partial charge in [-0.05, 0) is 86.5 Å². The van der Waals surface area contributed by atoms with E-state index in [0.29, 0.717) is 29.5 Å². The Bertz CT molecular complexity index is 2480. The van der Waals surface area contributed by atoms with Gasteiger partial charge in [-0.25, -0.2) is 4.85 Å². The van der Waals surface area contributed by atoms with E-state index in [1.54, 1.807) is 24.3 Å². The molecule has 1 aliphatic carbocycles. The lowest BCUT2D eigenvalue weighted by atomic mass is 9.70. The van der Waals surface area contributed by atoms with Crippen molar-refractivity contribution in [2.45, 2.75) is 83.2 Å². The van der Waals surface area contributed by atoms with Gasteiger partial charge in [-0.1, -0.05) is 39.0 Å². The molecule has 13 nitrogen and oxygen atoms in total. The molecule has 3 N–H and O–H groups in total. The lowest BCUT2D eigenvalue weighted by Crippen LogP contribution is -2.54. The van der Waals surface area contributed by atoms with Gasteiger partial charge in [-0.3, -0.25) is 39.1 Å². The highest BCUT2D eigenvalue weighted by Gasteiger charge is 2.46. The van der Waals surface area contributed by atoms with E-state index in [1.165, 1.54) is 11.3 Å². The topological polar surface area (TPSA) is 143 Å². The van der Waals surface area contributed by atoms with E-state index in [4.69, 9.17) is 6.57 Å². The molecule has 1 aromatic heterocycles. The van der Waals surface area contributed by atoms with Crippen molar-refractivity contribution in [3.8, 4) is 0 Å². The van der Waals surface area contributed by atoms with Crippen molar-refractivity contribution in [2.24, 2.45) is 0 Å². The van der Waals surface area contributed by atoms with E-state index < -0.39 is 35.1 Å². The van der Waals surface area contributed by atoms with Crippen LogP contribution in [0, 0.1) is 6.57 Å². The zero-order valence-corrected chi connectivity index (χ0v) is 34.7. The van der Waals surface area contributed by atoms with Gasteiger partial charge in [-0.2, -0.15) is 0 Å². The van der Waals surface area contributed by atoms with Crippen molar-refractivity contribution in [3.05, 3.63) is 99.0 Å². The third-order valence-corrected chi connectivity index (χ3v) is 13.7. The first kappa shape index (κ1) is 39.6. The summed E-state index contributed by atoms with van der Waals surface area (Å²) < 4.78 is 0. The van der Waals surface area contributed by atoms with Crippen molar-refractivity contribution in [3.63, 3.8) is 0 Å². The van der Waals surface area contributed by atoms with Crippen molar-refractivity contribution >= 4 is 57.4 Å². The van der Waals surface area contributed by atoms with Crippen LogP contribution in [0.4, 0.5) is 17.1 Å². The second-order valence-electron chi connectivity index (χ2n) is 17.5. The predicted octanol–water partition coefficient (Wildman–Crippen LogP) is 6.03. The van der Waals surface area contributed by atoms with Crippen LogP contribution in [0.2, 0.25) is 0 Å². The molecule has 3 fully saturated rings. The largest absolute Gasteiger partial charge is 0.384 e. The minimum Gasteiger partial charge on any atom is -0.384 e. The average Bonchev–Trinajstić information content (AvgIpc) is 3.77. The van der Waals surface area contributed by atoms with E-state index in [9.17, 15) is 24.0 Å². The molecule has 3 aromatic carbocycles. The molecule has 310 valence electrons. The van der Waals surface area contributed by atoms with Gasteiger partial charge in [0, 0.05) is 97.2 Å². The maximum atomic E-state index is 14.1. The zero-order chi connectivity index (χ0) is 41.9. The van der Waals surface area contributed by atoms with Crippen LogP contribution in [0.1, 0.15) is 113 Å². The van der Waals surface area contributed by atoms with E-state index in [0.717, 1.165) is 116 Å². The number of nitrogens with one attached hydrogen (secondary N) is 3. The lowest BCUT2D eigenvalue weighted by molar-refractivity contribution is -0.136. The van der Waals surface area contributed by atoms with Gasteiger partial charge in [0.25, 0.3) is 11.8 Å². The number of hydrogen-bond acceptors (Lipinski definition) is 9. The Kier molecular flexibility index (Phi) is 10.3. The molecular formula is C47H52N8O5. The number of piperazine rings is 1. The Balaban J connectivity index is 0.758. The van der Waals surface area contributed by atoms with Crippen LogP contribution in [-0.2, 0) is 21.4 Å². The molecule has 13 heteroatoms. The first-order valence-corrected chi connectivity index (χ1v) is 21.5. The molecule has 4 aliphatic heterocycles. The zero-order valence-electron chi connectivity index (χ0n) is 34.7. The number of rotatable bonds is 10. The van der Waals surface area contributed by atoms with Gasteiger partial charge in [0.05, 0.1) is 23.3 Å². The number of aromatic amines is 1. The maximum absolute atomic E-state index is 14.1. The fourth-order valence-corrected chi connectivity index (χ4v) is 10.3. The van der Waals surface area contributed by atoms with E-state index in [-0.39, 0.29) is 24.2 Å². The molecule has 3 saturated heterocycles. The van der Waals surface area contributed by atoms with E-state index in [1.807, 2.05) is 12.1 Å². The van der Waals surface area contributed by atoms with Crippen molar-refractivity contribution in [1.29, 1.82) is 0 Å². The molecule has 1 atom stereocenters. The third kappa shape index (κ3) is 6.76. The summed E-state index contributed by atoms with van der Waals surface area (Å²) in [4.78, 5) is 80.8. The van der Waals surface area contributed by atoms with E-state index in [2.05, 4.69) is 68.1 Å². The Labute approximate surface area is 350 Å². The van der Waals surface area contributed by atoms with E-state index >= 15 is 0 Å². The Morgan fingerprint density at radius 2 is 1.65 bits per heavy atom. The third-order valence-electron chi connectivity index (χ3n) is 13.7. The Hall–Kier alpha value is -5.84. The number of anilines is 2. The van der Waals surface area contributed by atoms with Crippen LogP contribution in [0.3, 0.4) is 0 Å². The second-order valence-corrected chi connectivity index (χ2v) is 17.5. The van der Waals surface area contributed by atoms with Crippen molar-refractivity contribution < 1.29 is 24.0 Å². The highest BCUT2D eigenvalue weighted by molar-refractivity contribution is 6.25. The average molecular weight is 809 g/mol. The molecular weight excluding hydrogens is 757 g/mol. The Morgan fingerprint density at radius 1 is 0.867 bits per heavy atom. The number of unbranched alkanes of at least 4 members (excludes halogenated alkanes) is 1. The minimum atomic E-state index is -0.980. The normalized spacial score (nSPS) is 20.9. The fraction of sp³-hybridized carbons (Fsp3) is 0.447. The highest BCUT2D eigenvalue weighted by Crippen LogP contribution is 2.46. The number of aryl methyl sites for hydroxylation is 1. The molecule has 9 rings (SSSR count). The summed E-state index contributed by atoms with van der Waals surface area (Å²) in [5.74, 6) is -1.93. The monoisotopic (exact) mass is 808 g/mol. The van der Waals surface area contributed by atoms with Crippen LogP contribution in [-0.4, -0.2) is 114 Å². The molecule has 5 heterocycles. The first-order chi connectivity index (χ1) is 29.0. The van der Waals surface area contributed by atoms with Crippen molar-refractivity contribution in [2.75, 3.05) is 62.6 Å². The molecule has 0 radical (unpaired) electrons. The van der Waals surface area contributed by atoms with Gasteiger partial charge < -0.3 is 20.1 Å². The maximum Gasteiger partial charge on any atom is 0.264 e. The molecule has 60 heavy (non-hydrogen) atoms. The van der Waals surface area contributed by atoms with Crippen LogP contribution < -0.4 is 15.5 Å². The van der Waals surface area contributed by atoms with Crippen LogP contribution in [0.15, 0.2) is 48.5 Å². The number of ketones is 1. The van der Waals surface area contributed by atoms with Crippen LogP contribution in [0.25, 0.3) is 15.7 Å². The number of piperidine rings is 2. The summed E-state index contributed by atoms with van der Waals surface area (Å²) in [5, 5.41) is 6.50. The number of imide groups is 2. The minimum absolute atomic E-state index is 0.0602. The summed E-state index contributed by atoms with van der Waals surface area (Å²) in [7, 11) is 0. The molecule has 0 spiro atoms. The van der Waals surface area contributed by atoms with Crippen LogP contribution in [0.5, 0.6) is 0 Å². The van der Waals surface area contributed by atoms with Gasteiger partial charge in [0.2, 0.25) is 11.8 Å². The molecule has 0 bridgehead atoms. The Morgan fingerprint density at radius 3 is 2.38 bits per heavy atom. The smallest absolute Gasteiger partial charge is 0.264 e. The molecule has 1 unspecified atom stereocenters. The number of benzene rings is 3. The van der Waals surface area contributed by atoms with Gasteiger partial charge in [-0.15, -0.1) is 0 Å². The predicted molar refractivity (Wildman–Crippen MR) is 230 cm³/mol. The number of fused-ring (bicyclic) bond motifs is 5. The number of nitrogens with zero attached hydrogens (tertiary/aromatic N) is 5. The molecule has 5 aliphatic rings. The lowest BCUT2D eigenvalue weighted by Gasteiger charge is -2.44. The number of carbonyl (C=O) groups excluding carboxylic acids is 5. The molecule has 0 saturated carbocycles. The van der Waals surface area contributed by atoms with Gasteiger partial charge in [0.1, 0.15) is 6.04 Å². The number of amides is 4. The number of aromatic nitrogens is 1. The SMILES string of the molecule is [C-]#[N+]c1ccc2c3c([nH]c2c1)C(C)(C)c1cc(N2CCC(N4CCN(CCCCNc5cccc6c5C(=O)N(C5CCC(=O)NC5=O)C6=O)CC4)CC2)c(CC)cc1C3=O. The van der Waals surface area contributed by atoms with Crippen LogP contribution >= 0.6 is 0 Å². The number of H-pyrrole nitrogens is 1. The van der Waals surface area contributed by atoms with Crippen molar-refractivity contribution in [1.82, 2.24) is 25.0 Å². The summed E-state index contributed by atoms with van der Waals surface area (Å²) in [6, 6.07) is 14.7. The summed E-state index contributed by atoms with van der Waals surface area (Å²) in [6.45, 7) is 21.8. The standard InChI is InChI=1S/C47H52N8O5/c1-5-28-25-33-34(47(2,3)43-41(42(33)57)31-12-11-29(48-4)26-36(31)50-43)27-38(28)54-19-15-30(16-20-54)53-23-21-52(22-24-53)18-7-6-17-49-35-10-8-9-32-40(35)46(60)55(45(32)59)37-13-14-39(56)51-44(37)58/h8-12,25-27,30,37,49-50H,5-7,13-24H2,1-3H3,(H,51,56,58). The molecule has 4 amide bonds. The number of carbonyl (C=O) groups is 5. The fourth-order valence-electron chi connectivity index (χ4n) is 10.3. The quantitative estimate of drug-likeness (QED) is 0.0995. The number of hydrogen-bond donors (Lipinski definition) is 3. The van der Waals surface area contributed by atoms with Gasteiger partial charge >= 0.3 is 0 Å². The highest BCUT2D eigenvalue weighted by atomic mass is 16.2. The summed E-state index contributed by atoms with van der Waals surface area (Å²) in [5.41, 5.74) is 8.15. The molecule has 4 aromatic rings. The van der Waals surface area contributed by atoms with Gasteiger partial charge in [0.15, 0.2) is 11.5 Å². The summed E-state index contributed by atoms with van der Waals surface area (Å²) in [6.07, 6.45) is 5.19.